The Morgan fingerprint density at radius 2 is 2.03 bits per heavy atom. The minimum Gasteiger partial charge on any atom is -0.343 e. The van der Waals surface area contributed by atoms with E-state index in [1.807, 2.05) is 11.0 Å². The number of piperidine rings is 1. The summed E-state index contributed by atoms with van der Waals surface area (Å²) in [6.45, 7) is 3.75. The number of rotatable bonds is 6. The first kappa shape index (κ1) is 21.8. The number of nitrogens with zero attached hydrogens (tertiary/aromatic N) is 5. The number of aromatic amines is 1. The smallest absolute Gasteiger partial charge is 0.281 e. The Morgan fingerprint density at radius 3 is 2.74 bits per heavy atom. The number of unbranched alkanes of at least 4 members (excludes halogenated alkanes) is 1. The molecule has 3 heterocycles. The molecule has 164 valence electrons. The fourth-order valence-corrected chi connectivity index (χ4v) is 4.35. The highest BCUT2D eigenvalue weighted by Crippen LogP contribution is 2.27. The van der Waals surface area contributed by atoms with Crippen molar-refractivity contribution in [2.75, 3.05) is 13.1 Å². The average molecular weight is 463 g/mol. The fourth-order valence-electron chi connectivity index (χ4n) is 3.88. The van der Waals surface area contributed by atoms with E-state index in [1.54, 1.807) is 16.8 Å². The molecular weight excluding hydrogens is 439 g/mol. The molecule has 1 aliphatic rings. The molecule has 0 radical (unpaired) electrons. The maximum Gasteiger partial charge on any atom is 0.281 e. The minimum absolute atomic E-state index is 0.0785. The first-order valence-corrected chi connectivity index (χ1v) is 11.3. The van der Waals surface area contributed by atoms with E-state index >= 15 is 0 Å². The van der Waals surface area contributed by atoms with Gasteiger partial charge in [-0.05, 0) is 37.0 Å². The van der Waals surface area contributed by atoms with E-state index in [0.29, 0.717) is 47.6 Å². The van der Waals surface area contributed by atoms with E-state index in [-0.39, 0.29) is 22.9 Å². The molecule has 2 aromatic heterocycles. The van der Waals surface area contributed by atoms with Crippen LogP contribution in [0.5, 0.6) is 0 Å². The number of carbonyl (C=O) groups excluding carboxylic acids is 1. The molecule has 8 nitrogen and oxygen atoms in total. The van der Waals surface area contributed by atoms with Crippen LogP contribution in [0.2, 0.25) is 10.0 Å². The molecule has 0 unspecified atom stereocenters. The van der Waals surface area contributed by atoms with Crippen molar-refractivity contribution in [2.45, 2.75) is 51.5 Å². The lowest BCUT2D eigenvalue weighted by molar-refractivity contribution is -0.132. The number of carbonyl (C=O) groups is 1. The van der Waals surface area contributed by atoms with Crippen LogP contribution in [0.15, 0.2) is 23.0 Å². The average Bonchev–Trinajstić information content (AvgIpc) is 3.17. The van der Waals surface area contributed by atoms with Crippen LogP contribution >= 0.6 is 23.2 Å². The lowest BCUT2D eigenvalue weighted by Gasteiger charge is -2.31. The van der Waals surface area contributed by atoms with Crippen LogP contribution < -0.4 is 5.56 Å². The highest BCUT2D eigenvalue weighted by atomic mass is 35.5. The lowest BCUT2D eigenvalue weighted by Crippen LogP contribution is -2.38. The van der Waals surface area contributed by atoms with Gasteiger partial charge >= 0.3 is 0 Å². The zero-order chi connectivity index (χ0) is 22.0. The first-order valence-electron chi connectivity index (χ1n) is 10.5. The molecule has 31 heavy (non-hydrogen) atoms. The highest BCUT2D eigenvalue weighted by Gasteiger charge is 2.26. The topological polar surface area (TPSA) is 96.8 Å². The number of likely N-dealkylation sites (tertiary alicyclic amines) is 1. The van der Waals surface area contributed by atoms with Crippen molar-refractivity contribution >= 4 is 40.3 Å². The van der Waals surface area contributed by atoms with Gasteiger partial charge in [-0.1, -0.05) is 47.8 Å². The molecule has 0 atom stereocenters. The lowest BCUT2D eigenvalue weighted by atomic mass is 9.95. The summed E-state index contributed by atoms with van der Waals surface area (Å²) in [6.07, 6.45) is 4.04. The molecule has 1 aliphatic heterocycles. The summed E-state index contributed by atoms with van der Waals surface area (Å²) in [6, 6.07) is 5.24. The summed E-state index contributed by atoms with van der Waals surface area (Å²) in [4.78, 5) is 34.3. The summed E-state index contributed by atoms with van der Waals surface area (Å²) in [5, 5.41) is 9.17. The Balaban J connectivity index is 1.54. The van der Waals surface area contributed by atoms with E-state index in [9.17, 15) is 9.59 Å². The maximum absolute atomic E-state index is 12.6. The summed E-state index contributed by atoms with van der Waals surface area (Å²) in [5.74, 6) is 0.901. The Morgan fingerprint density at radius 1 is 1.26 bits per heavy atom. The summed E-state index contributed by atoms with van der Waals surface area (Å²) in [7, 11) is 0. The molecule has 0 bridgehead atoms. The van der Waals surface area contributed by atoms with E-state index in [0.717, 1.165) is 31.2 Å². The second-order valence-corrected chi connectivity index (χ2v) is 8.71. The van der Waals surface area contributed by atoms with Crippen LogP contribution in [-0.2, 0) is 11.3 Å². The third kappa shape index (κ3) is 4.75. The highest BCUT2D eigenvalue weighted by molar-refractivity contribution is 6.35. The van der Waals surface area contributed by atoms with Crippen LogP contribution in [0.1, 0.15) is 56.3 Å². The Labute approximate surface area is 189 Å². The van der Waals surface area contributed by atoms with Crippen molar-refractivity contribution in [1.29, 1.82) is 0 Å². The number of amides is 1. The van der Waals surface area contributed by atoms with Crippen molar-refractivity contribution < 1.29 is 4.79 Å². The second kappa shape index (κ2) is 9.36. The fraction of sp³-hybridized carbons (Fsp3) is 0.476. The van der Waals surface area contributed by atoms with Crippen molar-refractivity contribution in [3.8, 4) is 0 Å². The molecule has 1 fully saturated rings. The van der Waals surface area contributed by atoms with Gasteiger partial charge in [-0.2, -0.15) is 0 Å². The van der Waals surface area contributed by atoms with Crippen molar-refractivity contribution in [3.63, 3.8) is 0 Å². The molecule has 0 aliphatic carbocycles. The van der Waals surface area contributed by atoms with Gasteiger partial charge in [0.1, 0.15) is 5.82 Å². The van der Waals surface area contributed by atoms with E-state index in [4.69, 9.17) is 28.2 Å². The number of fused-ring (bicyclic) bond motifs is 1. The molecule has 1 saturated heterocycles. The van der Waals surface area contributed by atoms with Gasteiger partial charge in [0, 0.05) is 35.5 Å². The number of H-pyrrole nitrogens is 1. The largest absolute Gasteiger partial charge is 0.343 e. The van der Waals surface area contributed by atoms with Crippen LogP contribution in [-0.4, -0.2) is 48.9 Å². The molecular formula is C21H24Cl2N6O2. The summed E-state index contributed by atoms with van der Waals surface area (Å²) < 4.78 is 1.58. The minimum atomic E-state index is -0.310. The van der Waals surface area contributed by atoms with Gasteiger partial charge < -0.3 is 9.88 Å². The molecule has 0 saturated carbocycles. The quantitative estimate of drug-likeness (QED) is 0.601. The SMILES string of the molecule is CCCCC(=O)N1CCC(c2nc3c(nnn3Cc3ccc(Cl)cc3Cl)c(=O)[nH]2)CC1. The Bertz CT molecular complexity index is 1150. The van der Waals surface area contributed by atoms with Gasteiger partial charge in [0.15, 0.2) is 11.2 Å². The third-order valence-corrected chi connectivity index (χ3v) is 6.29. The number of benzene rings is 1. The van der Waals surface area contributed by atoms with E-state index < -0.39 is 0 Å². The maximum atomic E-state index is 12.6. The third-order valence-electron chi connectivity index (χ3n) is 5.71. The zero-order valence-corrected chi connectivity index (χ0v) is 18.8. The van der Waals surface area contributed by atoms with Gasteiger partial charge in [0.25, 0.3) is 5.56 Å². The van der Waals surface area contributed by atoms with Crippen molar-refractivity contribution in [3.05, 3.63) is 50.0 Å². The van der Waals surface area contributed by atoms with Crippen LogP contribution in [0.4, 0.5) is 0 Å². The molecule has 0 spiro atoms. The van der Waals surface area contributed by atoms with Gasteiger partial charge in [-0.25, -0.2) is 9.67 Å². The van der Waals surface area contributed by atoms with Crippen LogP contribution in [0.3, 0.4) is 0 Å². The summed E-state index contributed by atoms with van der Waals surface area (Å²) >= 11 is 12.3. The first-order chi connectivity index (χ1) is 15.0. The van der Waals surface area contributed by atoms with Gasteiger partial charge in [0.2, 0.25) is 5.91 Å². The monoisotopic (exact) mass is 462 g/mol. The van der Waals surface area contributed by atoms with E-state index in [1.165, 1.54) is 0 Å². The number of hydrogen-bond donors (Lipinski definition) is 1. The Kier molecular flexibility index (Phi) is 6.57. The van der Waals surface area contributed by atoms with Crippen molar-refractivity contribution in [2.24, 2.45) is 0 Å². The normalized spacial score (nSPS) is 15.0. The molecule has 1 N–H and O–H groups in total. The summed E-state index contributed by atoms with van der Waals surface area (Å²) in [5.41, 5.74) is 1.11. The molecule has 3 aromatic rings. The second-order valence-electron chi connectivity index (χ2n) is 7.86. The van der Waals surface area contributed by atoms with Crippen molar-refractivity contribution in [1.82, 2.24) is 29.9 Å². The molecule has 1 aromatic carbocycles. The number of aromatic nitrogens is 5. The Hall–Kier alpha value is -2.45. The molecule has 1 amide bonds. The number of halogens is 2. The molecule has 4 rings (SSSR count). The molecule has 10 heteroatoms. The predicted octanol–water partition coefficient (Wildman–Crippen LogP) is 3.77. The number of nitrogens with one attached hydrogen (secondary N) is 1. The van der Waals surface area contributed by atoms with Gasteiger partial charge in [-0.15, -0.1) is 5.10 Å². The zero-order valence-electron chi connectivity index (χ0n) is 17.3. The number of hydrogen-bond acceptors (Lipinski definition) is 5. The van der Waals surface area contributed by atoms with Gasteiger partial charge in [-0.3, -0.25) is 9.59 Å². The van der Waals surface area contributed by atoms with Gasteiger partial charge in [0.05, 0.1) is 6.54 Å². The van der Waals surface area contributed by atoms with E-state index in [2.05, 4.69) is 22.2 Å². The standard InChI is InChI=1S/C21H24Cl2N6O2/c1-2-3-4-17(30)28-9-7-13(8-10-28)19-24-20-18(21(31)25-19)26-27-29(20)12-14-5-6-15(22)11-16(14)23/h5-6,11,13H,2-4,7-10,12H2,1H3,(H,24,25,31). The van der Waals surface area contributed by atoms with Crippen LogP contribution in [0.25, 0.3) is 11.2 Å². The predicted molar refractivity (Wildman–Crippen MR) is 120 cm³/mol. The van der Waals surface area contributed by atoms with Crippen LogP contribution in [0, 0.1) is 0 Å².